The van der Waals surface area contributed by atoms with Crippen molar-refractivity contribution in [3.05, 3.63) is 17.0 Å². The molecule has 116 valence electrons. The van der Waals surface area contributed by atoms with Crippen molar-refractivity contribution >= 4 is 23.1 Å². The fraction of sp³-hybridized carbons (Fsp3) is 0.643. The minimum Gasteiger partial charge on any atom is -0.391 e. The number of carbonyl (C=O) groups excluding carboxylic acids is 1. The van der Waals surface area contributed by atoms with Gasteiger partial charge in [0.05, 0.1) is 21.8 Å². The lowest BCUT2D eigenvalue weighted by atomic mass is 9.87. The number of carbonyl (C=O) groups is 1. The second-order valence-corrected chi connectivity index (χ2v) is 6.31. The van der Waals surface area contributed by atoms with E-state index in [9.17, 15) is 4.79 Å². The minimum absolute atomic E-state index is 0.143. The van der Waals surface area contributed by atoms with E-state index in [-0.39, 0.29) is 5.91 Å². The van der Waals surface area contributed by atoms with Crippen LogP contribution in [0.2, 0.25) is 0 Å². The summed E-state index contributed by atoms with van der Waals surface area (Å²) >= 11 is 5.23. The number of nitrogens with zero attached hydrogens (tertiary/aromatic N) is 3. The number of nitrogens with one attached hydrogen (secondary N) is 1. The first-order valence-corrected chi connectivity index (χ1v) is 7.49. The van der Waals surface area contributed by atoms with E-state index in [4.69, 9.17) is 18.0 Å². The highest BCUT2D eigenvalue weighted by Gasteiger charge is 2.38. The molecule has 3 N–H and O–H groups in total. The summed E-state index contributed by atoms with van der Waals surface area (Å²) in [5.41, 5.74) is 7.53. The summed E-state index contributed by atoms with van der Waals surface area (Å²) in [6.45, 7) is 5.45. The van der Waals surface area contributed by atoms with E-state index in [2.05, 4.69) is 22.4 Å². The van der Waals surface area contributed by atoms with Crippen LogP contribution in [0.3, 0.4) is 0 Å². The van der Waals surface area contributed by atoms with Gasteiger partial charge in [-0.05, 0) is 33.7 Å². The zero-order valence-electron chi connectivity index (χ0n) is 13.1. The van der Waals surface area contributed by atoms with Crippen molar-refractivity contribution in [2.75, 3.05) is 20.1 Å². The molecule has 0 saturated carbocycles. The van der Waals surface area contributed by atoms with Gasteiger partial charge in [-0.2, -0.15) is 5.10 Å². The quantitative estimate of drug-likeness (QED) is 0.796. The van der Waals surface area contributed by atoms with Gasteiger partial charge in [0, 0.05) is 25.8 Å². The Bertz CT molecular complexity index is 572. The van der Waals surface area contributed by atoms with Crippen LogP contribution in [-0.2, 0) is 7.05 Å². The highest BCUT2D eigenvalue weighted by molar-refractivity contribution is 7.80. The average Bonchev–Trinajstić information content (AvgIpc) is 2.66. The molecule has 1 aliphatic heterocycles. The molecule has 0 aromatic carbocycles. The van der Waals surface area contributed by atoms with Crippen LogP contribution in [0.4, 0.5) is 0 Å². The van der Waals surface area contributed by atoms with Crippen molar-refractivity contribution in [2.45, 2.75) is 32.2 Å². The molecule has 2 heterocycles. The number of piperidine rings is 1. The predicted molar refractivity (Wildman–Crippen MR) is 86.4 cm³/mol. The maximum absolute atomic E-state index is 12.7. The van der Waals surface area contributed by atoms with E-state index in [0.717, 1.165) is 37.3 Å². The Morgan fingerprint density at radius 3 is 2.33 bits per heavy atom. The SMILES string of the molecule is Cc1nn(C)c(C)c1C(=O)NC1(C(N)=S)CCN(C)CC1. The number of rotatable bonds is 3. The zero-order chi connectivity index (χ0) is 15.8. The summed E-state index contributed by atoms with van der Waals surface area (Å²) in [4.78, 5) is 15.2. The van der Waals surface area contributed by atoms with Crippen molar-refractivity contribution < 1.29 is 4.79 Å². The van der Waals surface area contributed by atoms with Gasteiger partial charge in [-0.1, -0.05) is 12.2 Å². The van der Waals surface area contributed by atoms with Crippen LogP contribution in [0.1, 0.15) is 34.6 Å². The normalized spacial score (nSPS) is 18.5. The molecule has 1 aromatic heterocycles. The molecule has 0 aliphatic carbocycles. The highest BCUT2D eigenvalue weighted by atomic mass is 32.1. The number of likely N-dealkylation sites (tertiary alicyclic amines) is 1. The van der Waals surface area contributed by atoms with Crippen molar-refractivity contribution in [2.24, 2.45) is 12.8 Å². The van der Waals surface area contributed by atoms with Crippen LogP contribution in [0.25, 0.3) is 0 Å². The maximum Gasteiger partial charge on any atom is 0.255 e. The van der Waals surface area contributed by atoms with E-state index < -0.39 is 5.54 Å². The molecule has 6 nitrogen and oxygen atoms in total. The fourth-order valence-corrected chi connectivity index (χ4v) is 3.07. The molecule has 1 aliphatic rings. The van der Waals surface area contributed by atoms with Crippen LogP contribution in [0.15, 0.2) is 0 Å². The third-order valence-corrected chi connectivity index (χ3v) is 4.79. The van der Waals surface area contributed by atoms with Crippen LogP contribution in [0.5, 0.6) is 0 Å². The summed E-state index contributed by atoms with van der Waals surface area (Å²) in [6, 6.07) is 0. The zero-order valence-corrected chi connectivity index (χ0v) is 13.9. The average molecular weight is 309 g/mol. The Hall–Kier alpha value is -1.47. The van der Waals surface area contributed by atoms with Gasteiger partial charge in [-0.15, -0.1) is 0 Å². The Morgan fingerprint density at radius 1 is 1.33 bits per heavy atom. The summed E-state index contributed by atoms with van der Waals surface area (Å²) in [6.07, 6.45) is 1.48. The van der Waals surface area contributed by atoms with Crippen LogP contribution in [-0.4, -0.2) is 51.3 Å². The molecule has 0 atom stereocenters. The summed E-state index contributed by atoms with van der Waals surface area (Å²) in [5, 5.41) is 7.37. The van der Waals surface area contributed by atoms with Crippen LogP contribution in [0, 0.1) is 13.8 Å². The molecule has 1 aromatic rings. The number of amides is 1. The smallest absolute Gasteiger partial charge is 0.255 e. The number of hydrogen-bond acceptors (Lipinski definition) is 4. The molecule has 2 rings (SSSR count). The predicted octanol–water partition coefficient (Wildman–Crippen LogP) is 0.517. The Morgan fingerprint density at radius 2 is 1.90 bits per heavy atom. The lowest BCUT2D eigenvalue weighted by Crippen LogP contribution is -2.61. The lowest BCUT2D eigenvalue weighted by Gasteiger charge is -2.40. The van der Waals surface area contributed by atoms with Crippen LogP contribution >= 0.6 is 12.2 Å². The standard InChI is InChI=1S/C14H23N5OS/c1-9-11(10(2)19(4)17-9)12(20)16-14(13(15)21)5-7-18(3)8-6-14/h5-8H2,1-4H3,(H2,15,21)(H,16,20). The van der Waals surface area contributed by atoms with Gasteiger partial charge in [0.2, 0.25) is 0 Å². The third kappa shape index (κ3) is 2.94. The number of hydrogen-bond donors (Lipinski definition) is 2. The number of nitrogens with two attached hydrogens (primary N) is 1. The monoisotopic (exact) mass is 309 g/mol. The third-order valence-electron chi connectivity index (χ3n) is 4.40. The van der Waals surface area contributed by atoms with E-state index in [1.165, 1.54) is 0 Å². The van der Waals surface area contributed by atoms with Gasteiger partial charge in [0.25, 0.3) is 5.91 Å². The number of aromatic nitrogens is 2. The minimum atomic E-state index is -0.590. The topological polar surface area (TPSA) is 76.2 Å². The first-order valence-electron chi connectivity index (χ1n) is 7.08. The molecule has 0 bridgehead atoms. The highest BCUT2D eigenvalue weighted by Crippen LogP contribution is 2.23. The summed E-state index contributed by atoms with van der Waals surface area (Å²) in [5.74, 6) is -0.143. The Balaban J connectivity index is 2.25. The molecule has 1 amide bonds. The molecule has 21 heavy (non-hydrogen) atoms. The maximum atomic E-state index is 12.7. The van der Waals surface area contributed by atoms with Crippen molar-refractivity contribution in [3.63, 3.8) is 0 Å². The fourth-order valence-electron chi connectivity index (χ4n) is 2.82. The molecular formula is C14H23N5OS. The van der Waals surface area contributed by atoms with E-state index in [1.807, 2.05) is 20.9 Å². The summed E-state index contributed by atoms with van der Waals surface area (Å²) in [7, 11) is 3.89. The molecule has 1 fully saturated rings. The van der Waals surface area contributed by atoms with Gasteiger partial charge in [0.1, 0.15) is 0 Å². The van der Waals surface area contributed by atoms with Gasteiger partial charge in [-0.25, -0.2) is 0 Å². The van der Waals surface area contributed by atoms with Crippen LogP contribution < -0.4 is 11.1 Å². The summed E-state index contributed by atoms with van der Waals surface area (Å²) < 4.78 is 1.71. The van der Waals surface area contributed by atoms with E-state index in [1.54, 1.807) is 4.68 Å². The molecule has 0 spiro atoms. The number of thiocarbonyl (C=S) groups is 1. The van der Waals surface area contributed by atoms with Gasteiger partial charge >= 0.3 is 0 Å². The second-order valence-electron chi connectivity index (χ2n) is 5.87. The first kappa shape index (κ1) is 15.9. The molecule has 0 unspecified atom stereocenters. The van der Waals surface area contributed by atoms with Crippen molar-refractivity contribution in [1.29, 1.82) is 0 Å². The molecule has 0 radical (unpaired) electrons. The van der Waals surface area contributed by atoms with Crippen molar-refractivity contribution in [1.82, 2.24) is 20.0 Å². The van der Waals surface area contributed by atoms with Gasteiger partial charge < -0.3 is 16.0 Å². The van der Waals surface area contributed by atoms with E-state index >= 15 is 0 Å². The van der Waals surface area contributed by atoms with Gasteiger partial charge in [0.15, 0.2) is 0 Å². The molecular weight excluding hydrogens is 286 g/mol. The lowest BCUT2D eigenvalue weighted by molar-refractivity contribution is 0.0889. The Kier molecular flexibility index (Phi) is 4.34. The largest absolute Gasteiger partial charge is 0.391 e. The molecule has 7 heteroatoms. The first-order chi connectivity index (χ1) is 9.77. The number of aryl methyl sites for hydroxylation is 2. The van der Waals surface area contributed by atoms with E-state index in [0.29, 0.717) is 10.6 Å². The second kappa shape index (κ2) is 5.73. The Labute approximate surface area is 130 Å². The van der Waals surface area contributed by atoms with Gasteiger partial charge in [-0.3, -0.25) is 9.48 Å². The van der Waals surface area contributed by atoms with Crippen molar-refractivity contribution in [3.8, 4) is 0 Å². The molecule has 1 saturated heterocycles.